The number of ether oxygens (including phenoxy) is 1. The monoisotopic (exact) mass is 334 g/mol. The minimum Gasteiger partial charge on any atom is -0.381 e. The van der Waals surface area contributed by atoms with Crippen LogP contribution in [-0.2, 0) is 9.53 Å². The van der Waals surface area contributed by atoms with E-state index in [1.165, 1.54) is 6.07 Å². The molecule has 1 atom stereocenters. The molecule has 0 bridgehead atoms. The zero-order chi connectivity index (χ0) is 17.2. The molecule has 132 valence electrons. The van der Waals surface area contributed by atoms with Gasteiger partial charge in [-0.1, -0.05) is 6.92 Å². The van der Waals surface area contributed by atoms with Crippen LogP contribution in [-0.4, -0.2) is 38.3 Å². The van der Waals surface area contributed by atoms with Gasteiger partial charge in [-0.25, -0.2) is 4.39 Å². The number of rotatable bonds is 3. The number of carbonyl (C=O) groups excluding carboxylic acids is 1. The van der Waals surface area contributed by atoms with E-state index < -0.39 is 0 Å². The highest BCUT2D eigenvalue weighted by Gasteiger charge is 2.36. The summed E-state index contributed by atoms with van der Waals surface area (Å²) in [6, 6.07) is 5.07. The van der Waals surface area contributed by atoms with Gasteiger partial charge in [0.15, 0.2) is 0 Å². The fraction of sp³-hybridized carbons (Fsp3) is 0.632. The van der Waals surface area contributed by atoms with Crippen molar-refractivity contribution in [1.29, 1.82) is 0 Å². The van der Waals surface area contributed by atoms with Gasteiger partial charge in [-0.2, -0.15) is 0 Å². The lowest BCUT2D eigenvalue weighted by Gasteiger charge is -2.38. The summed E-state index contributed by atoms with van der Waals surface area (Å²) >= 11 is 0. The van der Waals surface area contributed by atoms with E-state index >= 15 is 0 Å². The molecule has 2 heterocycles. The van der Waals surface area contributed by atoms with Crippen molar-refractivity contribution in [2.75, 3.05) is 31.2 Å². The molecule has 1 N–H and O–H groups in total. The van der Waals surface area contributed by atoms with Crippen LogP contribution in [0.3, 0.4) is 0 Å². The van der Waals surface area contributed by atoms with Crippen LogP contribution in [0, 0.1) is 18.2 Å². The van der Waals surface area contributed by atoms with Crippen molar-refractivity contribution >= 4 is 11.6 Å². The standard InChI is InChI=1S/C19H27FN2O2/c1-14-12-15(20)5-6-17(14)22-9-3-4-16(13-22)21-18(23)19(2)7-10-24-11-8-19/h5-6,12,16H,3-4,7-11,13H2,1-2H3,(H,21,23)/t16-/m0/s1. The lowest BCUT2D eigenvalue weighted by Crippen LogP contribution is -2.52. The summed E-state index contributed by atoms with van der Waals surface area (Å²) in [4.78, 5) is 15.0. The third kappa shape index (κ3) is 3.72. The minimum atomic E-state index is -0.313. The third-order valence-electron chi connectivity index (χ3n) is 5.40. The molecule has 0 aromatic heterocycles. The summed E-state index contributed by atoms with van der Waals surface area (Å²) in [7, 11) is 0. The summed E-state index contributed by atoms with van der Waals surface area (Å²) in [6.45, 7) is 7.03. The van der Waals surface area contributed by atoms with Crippen LogP contribution in [0.4, 0.5) is 10.1 Å². The SMILES string of the molecule is Cc1cc(F)ccc1N1CCC[C@H](NC(=O)C2(C)CCOCC2)C1. The number of carbonyl (C=O) groups is 1. The lowest BCUT2D eigenvalue weighted by molar-refractivity contribution is -0.136. The fourth-order valence-corrected chi connectivity index (χ4v) is 3.70. The van der Waals surface area contributed by atoms with Crippen molar-refractivity contribution < 1.29 is 13.9 Å². The summed E-state index contributed by atoms with van der Waals surface area (Å²) in [6.07, 6.45) is 3.59. The average Bonchev–Trinajstić information content (AvgIpc) is 2.56. The van der Waals surface area contributed by atoms with Crippen LogP contribution < -0.4 is 10.2 Å². The predicted octanol–water partition coefficient (Wildman–Crippen LogP) is 3.04. The average molecular weight is 334 g/mol. The molecule has 24 heavy (non-hydrogen) atoms. The maximum absolute atomic E-state index is 13.3. The van der Waals surface area contributed by atoms with Gasteiger partial charge in [0.25, 0.3) is 0 Å². The Balaban J connectivity index is 1.64. The normalized spacial score (nSPS) is 23.8. The molecule has 3 rings (SSSR count). The molecule has 0 saturated carbocycles. The highest BCUT2D eigenvalue weighted by atomic mass is 19.1. The van der Waals surface area contributed by atoms with E-state index in [2.05, 4.69) is 10.2 Å². The van der Waals surface area contributed by atoms with Gasteiger partial charge in [0.2, 0.25) is 5.91 Å². The van der Waals surface area contributed by atoms with E-state index in [0.29, 0.717) is 13.2 Å². The number of amides is 1. The lowest BCUT2D eigenvalue weighted by atomic mass is 9.81. The molecule has 0 spiro atoms. The molecule has 1 aromatic carbocycles. The van der Waals surface area contributed by atoms with Crippen LogP contribution in [0.2, 0.25) is 0 Å². The number of piperidine rings is 1. The van der Waals surface area contributed by atoms with E-state index in [1.807, 2.05) is 19.9 Å². The van der Waals surface area contributed by atoms with E-state index in [-0.39, 0.29) is 23.2 Å². The van der Waals surface area contributed by atoms with E-state index in [0.717, 1.165) is 50.0 Å². The quantitative estimate of drug-likeness (QED) is 0.924. The van der Waals surface area contributed by atoms with Gasteiger partial charge in [-0.3, -0.25) is 4.79 Å². The molecule has 0 aliphatic carbocycles. The van der Waals surface area contributed by atoms with Gasteiger partial charge in [0, 0.05) is 38.0 Å². The number of benzene rings is 1. The van der Waals surface area contributed by atoms with Crippen molar-refractivity contribution in [1.82, 2.24) is 5.32 Å². The molecule has 2 fully saturated rings. The Morgan fingerprint density at radius 3 is 2.83 bits per heavy atom. The Labute approximate surface area is 143 Å². The molecular formula is C19H27FN2O2. The number of nitrogens with one attached hydrogen (secondary N) is 1. The Kier molecular flexibility index (Phi) is 5.09. The number of nitrogens with zero attached hydrogens (tertiary/aromatic N) is 1. The van der Waals surface area contributed by atoms with Gasteiger partial charge in [-0.15, -0.1) is 0 Å². The maximum Gasteiger partial charge on any atom is 0.226 e. The van der Waals surface area contributed by atoms with Crippen LogP contribution in [0.1, 0.15) is 38.2 Å². The molecule has 4 nitrogen and oxygen atoms in total. The largest absolute Gasteiger partial charge is 0.381 e. The first kappa shape index (κ1) is 17.2. The predicted molar refractivity (Wildman–Crippen MR) is 92.7 cm³/mol. The molecule has 2 aliphatic rings. The fourth-order valence-electron chi connectivity index (χ4n) is 3.70. The zero-order valence-electron chi connectivity index (χ0n) is 14.6. The van der Waals surface area contributed by atoms with Crippen molar-refractivity contribution in [2.45, 2.75) is 45.6 Å². The summed E-state index contributed by atoms with van der Waals surface area (Å²) < 4.78 is 18.7. The highest BCUT2D eigenvalue weighted by molar-refractivity contribution is 5.82. The van der Waals surface area contributed by atoms with Crippen LogP contribution in [0.15, 0.2) is 18.2 Å². The van der Waals surface area contributed by atoms with Crippen LogP contribution in [0.5, 0.6) is 0 Å². The van der Waals surface area contributed by atoms with Crippen LogP contribution in [0.25, 0.3) is 0 Å². The smallest absolute Gasteiger partial charge is 0.226 e. The Morgan fingerprint density at radius 2 is 2.12 bits per heavy atom. The number of hydrogen-bond acceptors (Lipinski definition) is 3. The van der Waals surface area contributed by atoms with Gasteiger partial charge >= 0.3 is 0 Å². The van der Waals surface area contributed by atoms with Crippen molar-refractivity contribution in [2.24, 2.45) is 5.41 Å². The topological polar surface area (TPSA) is 41.6 Å². The first-order valence-corrected chi connectivity index (χ1v) is 8.88. The van der Waals surface area contributed by atoms with Gasteiger partial charge in [0.1, 0.15) is 5.82 Å². The van der Waals surface area contributed by atoms with E-state index in [4.69, 9.17) is 4.74 Å². The number of aryl methyl sites for hydroxylation is 1. The second-order valence-electron chi connectivity index (χ2n) is 7.36. The first-order valence-electron chi connectivity index (χ1n) is 8.88. The number of hydrogen-bond donors (Lipinski definition) is 1. The molecule has 1 aromatic rings. The van der Waals surface area contributed by atoms with Gasteiger partial charge in [-0.05, 0) is 56.4 Å². The zero-order valence-corrected chi connectivity index (χ0v) is 14.6. The number of anilines is 1. The highest BCUT2D eigenvalue weighted by Crippen LogP contribution is 2.31. The second-order valence-corrected chi connectivity index (χ2v) is 7.36. The molecule has 0 unspecified atom stereocenters. The summed E-state index contributed by atoms with van der Waals surface area (Å²) in [5.41, 5.74) is 1.69. The Bertz CT molecular complexity index is 599. The maximum atomic E-state index is 13.3. The summed E-state index contributed by atoms with van der Waals surface area (Å²) in [5.74, 6) is -0.0565. The first-order chi connectivity index (χ1) is 11.5. The Morgan fingerprint density at radius 1 is 1.38 bits per heavy atom. The molecule has 2 saturated heterocycles. The molecule has 5 heteroatoms. The van der Waals surface area contributed by atoms with Gasteiger partial charge in [0.05, 0.1) is 5.41 Å². The molecule has 2 aliphatic heterocycles. The minimum absolute atomic E-state index is 0.147. The van der Waals surface area contributed by atoms with Crippen molar-refractivity contribution in [3.05, 3.63) is 29.6 Å². The van der Waals surface area contributed by atoms with Gasteiger partial charge < -0.3 is 15.0 Å². The van der Waals surface area contributed by atoms with Crippen molar-refractivity contribution in [3.63, 3.8) is 0 Å². The third-order valence-corrected chi connectivity index (χ3v) is 5.40. The van der Waals surface area contributed by atoms with E-state index in [9.17, 15) is 9.18 Å². The second kappa shape index (κ2) is 7.09. The number of halogens is 1. The van der Waals surface area contributed by atoms with E-state index in [1.54, 1.807) is 6.07 Å². The molecular weight excluding hydrogens is 307 g/mol. The Hall–Kier alpha value is -1.62. The molecule has 0 radical (unpaired) electrons. The summed E-state index contributed by atoms with van der Waals surface area (Å²) in [5, 5.41) is 3.25. The van der Waals surface area contributed by atoms with Crippen LogP contribution >= 0.6 is 0 Å². The van der Waals surface area contributed by atoms with Crippen molar-refractivity contribution in [3.8, 4) is 0 Å². The molecule has 1 amide bonds.